The van der Waals surface area contributed by atoms with Crippen molar-refractivity contribution in [3.8, 4) is 0 Å². The van der Waals surface area contributed by atoms with Crippen LogP contribution in [0.5, 0.6) is 0 Å². The summed E-state index contributed by atoms with van der Waals surface area (Å²) in [6.07, 6.45) is 3.78. The zero-order valence-corrected chi connectivity index (χ0v) is 10.3. The molecule has 2 nitrogen and oxygen atoms in total. The van der Waals surface area contributed by atoms with E-state index in [0.717, 1.165) is 5.76 Å². The molecule has 0 aliphatic heterocycles. The zero-order valence-electron chi connectivity index (χ0n) is 9.44. The van der Waals surface area contributed by atoms with Gasteiger partial charge in [-0.3, -0.25) is 0 Å². The molecule has 2 aromatic rings. The second-order valence-electron chi connectivity index (χ2n) is 3.51. The van der Waals surface area contributed by atoms with Crippen LogP contribution in [0.4, 0.5) is 0 Å². The molecule has 16 heavy (non-hydrogen) atoms. The summed E-state index contributed by atoms with van der Waals surface area (Å²) in [5, 5.41) is 3.26. The zero-order chi connectivity index (χ0) is 11.4. The third kappa shape index (κ3) is 2.31. The fourth-order valence-electron chi connectivity index (χ4n) is 1.73. The van der Waals surface area contributed by atoms with Crippen LogP contribution in [0.1, 0.15) is 17.4 Å². The van der Waals surface area contributed by atoms with Crippen LogP contribution in [0.3, 0.4) is 0 Å². The molecule has 3 heteroatoms. The second-order valence-corrected chi connectivity index (χ2v) is 4.39. The number of benzene rings is 1. The van der Waals surface area contributed by atoms with Gasteiger partial charge in [-0.25, -0.2) is 0 Å². The second kappa shape index (κ2) is 5.23. The van der Waals surface area contributed by atoms with Gasteiger partial charge in [0.2, 0.25) is 0 Å². The van der Waals surface area contributed by atoms with Crippen LogP contribution < -0.4 is 5.32 Å². The Kier molecular flexibility index (Phi) is 3.70. The van der Waals surface area contributed by atoms with Gasteiger partial charge in [0.1, 0.15) is 5.76 Å². The Morgan fingerprint density at radius 1 is 1.19 bits per heavy atom. The van der Waals surface area contributed by atoms with E-state index in [2.05, 4.69) is 35.8 Å². The van der Waals surface area contributed by atoms with E-state index in [1.807, 2.05) is 19.2 Å². The summed E-state index contributed by atoms with van der Waals surface area (Å²) < 4.78 is 5.43. The van der Waals surface area contributed by atoms with Gasteiger partial charge in [-0.15, -0.1) is 11.8 Å². The first-order valence-electron chi connectivity index (χ1n) is 5.19. The molecular formula is C13H15NOS. The van der Waals surface area contributed by atoms with E-state index in [4.69, 9.17) is 4.42 Å². The van der Waals surface area contributed by atoms with Crippen LogP contribution in [-0.2, 0) is 0 Å². The van der Waals surface area contributed by atoms with Gasteiger partial charge in [0.05, 0.1) is 12.3 Å². The van der Waals surface area contributed by atoms with E-state index in [9.17, 15) is 0 Å². The third-order valence-electron chi connectivity index (χ3n) is 2.57. The lowest BCUT2D eigenvalue weighted by Gasteiger charge is -2.14. The van der Waals surface area contributed by atoms with Crippen molar-refractivity contribution in [1.29, 1.82) is 0 Å². The van der Waals surface area contributed by atoms with Crippen LogP contribution in [0.2, 0.25) is 0 Å². The van der Waals surface area contributed by atoms with E-state index in [0.29, 0.717) is 0 Å². The Bertz CT molecular complexity index is 422. The number of nitrogens with one attached hydrogen (secondary N) is 1. The Morgan fingerprint density at radius 3 is 2.44 bits per heavy atom. The molecule has 1 aromatic heterocycles. The maximum absolute atomic E-state index is 5.43. The topological polar surface area (TPSA) is 25.2 Å². The molecule has 0 saturated heterocycles. The molecule has 1 aromatic carbocycles. The van der Waals surface area contributed by atoms with E-state index in [-0.39, 0.29) is 6.04 Å². The maximum atomic E-state index is 5.43. The summed E-state index contributed by atoms with van der Waals surface area (Å²) in [5.41, 5.74) is 1.22. The molecule has 0 amide bonds. The van der Waals surface area contributed by atoms with Crippen molar-refractivity contribution in [1.82, 2.24) is 5.32 Å². The van der Waals surface area contributed by atoms with Crippen molar-refractivity contribution in [2.45, 2.75) is 10.9 Å². The molecule has 0 spiro atoms. The molecule has 1 atom stereocenters. The summed E-state index contributed by atoms with van der Waals surface area (Å²) in [7, 11) is 1.94. The van der Waals surface area contributed by atoms with Gasteiger partial charge in [0.25, 0.3) is 0 Å². The average molecular weight is 233 g/mol. The van der Waals surface area contributed by atoms with Crippen molar-refractivity contribution in [3.63, 3.8) is 0 Å². The summed E-state index contributed by atoms with van der Waals surface area (Å²) in [5.74, 6) is 0.944. The average Bonchev–Trinajstić information content (AvgIpc) is 2.85. The highest BCUT2D eigenvalue weighted by Gasteiger charge is 2.13. The summed E-state index contributed by atoms with van der Waals surface area (Å²) in [6.45, 7) is 0. The highest BCUT2D eigenvalue weighted by Crippen LogP contribution is 2.24. The summed E-state index contributed by atoms with van der Waals surface area (Å²) in [4.78, 5) is 1.28. The van der Waals surface area contributed by atoms with Crippen LogP contribution in [0.25, 0.3) is 0 Å². The smallest absolute Gasteiger partial charge is 0.125 e. The molecule has 1 N–H and O–H groups in total. The SMILES string of the molecule is CNC(c1ccc(SC)cc1)c1ccco1. The first-order chi connectivity index (χ1) is 7.85. The minimum atomic E-state index is 0.130. The lowest BCUT2D eigenvalue weighted by molar-refractivity contribution is 0.463. The van der Waals surface area contributed by atoms with Gasteiger partial charge in [0, 0.05) is 4.90 Å². The molecule has 0 aliphatic carbocycles. The van der Waals surface area contributed by atoms with E-state index in [1.165, 1.54) is 10.5 Å². The molecule has 1 heterocycles. The van der Waals surface area contributed by atoms with E-state index < -0.39 is 0 Å². The predicted octanol–water partition coefficient (Wildman–Crippen LogP) is 3.31. The van der Waals surface area contributed by atoms with Crippen molar-refractivity contribution >= 4 is 11.8 Å². The number of hydrogen-bond acceptors (Lipinski definition) is 3. The normalized spacial score (nSPS) is 12.6. The van der Waals surface area contributed by atoms with Gasteiger partial charge in [-0.1, -0.05) is 12.1 Å². The van der Waals surface area contributed by atoms with Crippen LogP contribution >= 0.6 is 11.8 Å². The van der Waals surface area contributed by atoms with E-state index >= 15 is 0 Å². The lowest BCUT2D eigenvalue weighted by atomic mass is 10.1. The molecule has 0 aliphatic rings. The maximum Gasteiger partial charge on any atom is 0.125 e. The number of rotatable bonds is 4. The Hall–Kier alpha value is -1.19. The van der Waals surface area contributed by atoms with Crippen LogP contribution in [0, 0.1) is 0 Å². The Morgan fingerprint density at radius 2 is 1.94 bits per heavy atom. The number of thioether (sulfide) groups is 1. The molecule has 1 unspecified atom stereocenters. The van der Waals surface area contributed by atoms with Gasteiger partial charge in [-0.2, -0.15) is 0 Å². The molecule has 0 radical (unpaired) electrons. The first-order valence-corrected chi connectivity index (χ1v) is 6.42. The third-order valence-corrected chi connectivity index (χ3v) is 3.31. The minimum absolute atomic E-state index is 0.130. The molecule has 0 saturated carbocycles. The van der Waals surface area contributed by atoms with Crippen molar-refractivity contribution < 1.29 is 4.42 Å². The molecule has 0 fully saturated rings. The largest absolute Gasteiger partial charge is 0.467 e. The first kappa shape index (κ1) is 11.3. The monoisotopic (exact) mass is 233 g/mol. The van der Waals surface area contributed by atoms with Crippen molar-refractivity contribution in [2.24, 2.45) is 0 Å². The minimum Gasteiger partial charge on any atom is -0.467 e. The molecular weight excluding hydrogens is 218 g/mol. The van der Waals surface area contributed by atoms with Gasteiger partial charge >= 0.3 is 0 Å². The van der Waals surface area contributed by atoms with Crippen molar-refractivity contribution in [2.75, 3.05) is 13.3 Å². The highest BCUT2D eigenvalue weighted by molar-refractivity contribution is 7.98. The molecule has 2 rings (SSSR count). The fraction of sp³-hybridized carbons (Fsp3) is 0.231. The van der Waals surface area contributed by atoms with Crippen LogP contribution in [-0.4, -0.2) is 13.3 Å². The van der Waals surface area contributed by atoms with Gasteiger partial charge in [-0.05, 0) is 43.1 Å². The van der Waals surface area contributed by atoms with Crippen molar-refractivity contribution in [3.05, 3.63) is 54.0 Å². The van der Waals surface area contributed by atoms with Crippen LogP contribution in [0.15, 0.2) is 52.0 Å². The summed E-state index contributed by atoms with van der Waals surface area (Å²) in [6, 6.07) is 12.6. The van der Waals surface area contributed by atoms with Gasteiger partial charge < -0.3 is 9.73 Å². The Balaban J connectivity index is 2.27. The summed E-state index contributed by atoms with van der Waals surface area (Å²) >= 11 is 1.75. The van der Waals surface area contributed by atoms with E-state index in [1.54, 1.807) is 18.0 Å². The fourth-order valence-corrected chi connectivity index (χ4v) is 2.13. The quantitative estimate of drug-likeness (QED) is 0.820. The Labute approximate surface area is 100 Å². The molecule has 84 valence electrons. The standard InChI is InChI=1S/C13H15NOS/c1-14-13(12-4-3-9-15-12)10-5-7-11(16-2)8-6-10/h3-9,13-14H,1-2H3. The molecule has 0 bridgehead atoms. The predicted molar refractivity (Wildman–Crippen MR) is 67.8 cm³/mol. The highest BCUT2D eigenvalue weighted by atomic mass is 32.2. The lowest BCUT2D eigenvalue weighted by Crippen LogP contribution is -2.16. The number of hydrogen-bond donors (Lipinski definition) is 1. The van der Waals surface area contributed by atoms with Gasteiger partial charge in [0.15, 0.2) is 0 Å². The number of furan rings is 1.